The molecule has 0 saturated heterocycles. The second-order valence-electron chi connectivity index (χ2n) is 3.79. The molecule has 3 N–H and O–H groups in total. The van der Waals surface area contributed by atoms with Gasteiger partial charge in [0.1, 0.15) is 11.0 Å². The Morgan fingerprint density at radius 1 is 1.53 bits per heavy atom. The third kappa shape index (κ3) is 2.92. The van der Waals surface area contributed by atoms with Crippen molar-refractivity contribution in [3.8, 4) is 0 Å². The molecule has 0 aliphatic carbocycles. The minimum atomic E-state index is -0.696. The van der Waals surface area contributed by atoms with Crippen molar-refractivity contribution < 1.29 is 10.2 Å². The highest BCUT2D eigenvalue weighted by molar-refractivity contribution is 6.29. The van der Waals surface area contributed by atoms with Crippen LogP contribution >= 0.6 is 11.6 Å². The maximum atomic E-state index is 9.06. The van der Waals surface area contributed by atoms with Crippen molar-refractivity contribution in [3.63, 3.8) is 0 Å². The highest BCUT2D eigenvalue weighted by atomic mass is 35.5. The first-order valence-electron chi connectivity index (χ1n) is 4.65. The summed E-state index contributed by atoms with van der Waals surface area (Å²) in [6.45, 7) is 1.90. The second-order valence-corrected chi connectivity index (χ2v) is 4.17. The summed E-state index contributed by atoms with van der Waals surface area (Å²) in [5, 5.41) is 21.7. The van der Waals surface area contributed by atoms with Crippen LogP contribution in [-0.2, 0) is 13.6 Å². The molecule has 6 heteroatoms. The van der Waals surface area contributed by atoms with Gasteiger partial charge in [0.15, 0.2) is 0 Å². The molecule has 0 unspecified atom stereocenters. The minimum Gasteiger partial charge on any atom is -0.394 e. The van der Waals surface area contributed by atoms with Gasteiger partial charge in [0, 0.05) is 7.05 Å². The molecule has 5 nitrogen and oxygen atoms in total. The Kier molecular flexibility index (Phi) is 4.10. The molecule has 86 valence electrons. The summed E-state index contributed by atoms with van der Waals surface area (Å²) >= 11 is 5.82. The van der Waals surface area contributed by atoms with Crippen molar-refractivity contribution in [3.05, 3.63) is 17.2 Å². The minimum absolute atomic E-state index is 0.137. The normalized spacial score (nSPS) is 12.1. The first-order valence-corrected chi connectivity index (χ1v) is 5.03. The third-order valence-corrected chi connectivity index (χ3v) is 2.75. The lowest BCUT2D eigenvalue weighted by Gasteiger charge is -2.26. The lowest BCUT2D eigenvalue weighted by molar-refractivity contribution is 0.102. The molecule has 0 radical (unpaired) electrons. The molecule has 0 fully saturated rings. The fraction of sp³-hybridized carbons (Fsp3) is 0.667. The van der Waals surface area contributed by atoms with Crippen LogP contribution in [0.15, 0.2) is 6.20 Å². The van der Waals surface area contributed by atoms with E-state index in [0.29, 0.717) is 11.7 Å². The van der Waals surface area contributed by atoms with E-state index in [4.69, 9.17) is 21.8 Å². The van der Waals surface area contributed by atoms with E-state index in [1.807, 2.05) is 7.05 Å². The molecule has 0 saturated carbocycles. The van der Waals surface area contributed by atoms with E-state index in [9.17, 15) is 0 Å². The van der Waals surface area contributed by atoms with Crippen LogP contribution in [0.1, 0.15) is 12.7 Å². The van der Waals surface area contributed by atoms with E-state index in [1.54, 1.807) is 17.7 Å². The van der Waals surface area contributed by atoms with Crippen molar-refractivity contribution >= 4 is 11.6 Å². The number of aromatic nitrogens is 2. The van der Waals surface area contributed by atoms with E-state index in [-0.39, 0.29) is 13.2 Å². The number of nitrogens with one attached hydrogen (secondary N) is 1. The zero-order valence-corrected chi connectivity index (χ0v) is 9.62. The Bertz CT molecular complexity index is 323. The van der Waals surface area contributed by atoms with Crippen molar-refractivity contribution in [2.75, 3.05) is 13.2 Å². The van der Waals surface area contributed by atoms with E-state index in [2.05, 4.69) is 10.3 Å². The largest absolute Gasteiger partial charge is 0.394 e. The number of aliphatic hydroxyl groups is 2. The standard InChI is InChI=1S/C9H16ClN3O2/c1-9(5-14,6-15)12-4-8-11-3-7(10)13(8)2/h3,12,14-15H,4-6H2,1-2H3. The molecule has 1 heterocycles. The smallest absolute Gasteiger partial charge is 0.128 e. The van der Waals surface area contributed by atoms with Gasteiger partial charge in [-0.25, -0.2) is 4.98 Å². The lowest BCUT2D eigenvalue weighted by Crippen LogP contribution is -2.48. The zero-order chi connectivity index (χ0) is 11.5. The molecular weight excluding hydrogens is 218 g/mol. The Balaban J connectivity index is 2.60. The van der Waals surface area contributed by atoms with E-state index in [1.165, 1.54) is 0 Å². The molecule has 0 aliphatic heterocycles. The summed E-state index contributed by atoms with van der Waals surface area (Å²) < 4.78 is 1.74. The number of nitrogens with zero attached hydrogens (tertiary/aromatic N) is 2. The van der Waals surface area contributed by atoms with Gasteiger partial charge >= 0.3 is 0 Å². The summed E-state index contributed by atoms with van der Waals surface area (Å²) in [7, 11) is 1.81. The van der Waals surface area contributed by atoms with Crippen LogP contribution in [0.4, 0.5) is 0 Å². The number of hydrogen-bond donors (Lipinski definition) is 3. The summed E-state index contributed by atoms with van der Waals surface area (Å²) in [6.07, 6.45) is 1.56. The first-order chi connectivity index (χ1) is 7.02. The van der Waals surface area contributed by atoms with Crippen LogP contribution in [0, 0.1) is 0 Å². The Morgan fingerprint density at radius 2 is 2.13 bits per heavy atom. The van der Waals surface area contributed by atoms with E-state index < -0.39 is 5.54 Å². The van der Waals surface area contributed by atoms with Crippen LogP contribution < -0.4 is 5.32 Å². The number of imidazole rings is 1. The molecule has 15 heavy (non-hydrogen) atoms. The van der Waals surface area contributed by atoms with Gasteiger partial charge in [0.05, 0.1) is 31.5 Å². The van der Waals surface area contributed by atoms with Crippen LogP contribution in [0.2, 0.25) is 5.15 Å². The zero-order valence-electron chi connectivity index (χ0n) is 8.87. The van der Waals surface area contributed by atoms with Gasteiger partial charge in [0.25, 0.3) is 0 Å². The van der Waals surface area contributed by atoms with Crippen LogP contribution in [-0.4, -0.2) is 38.5 Å². The molecule has 0 aromatic carbocycles. The summed E-state index contributed by atoms with van der Waals surface area (Å²) in [5.41, 5.74) is -0.696. The molecule has 0 spiro atoms. The maximum absolute atomic E-state index is 9.06. The number of halogens is 1. The summed E-state index contributed by atoms with van der Waals surface area (Å²) in [4.78, 5) is 4.09. The van der Waals surface area contributed by atoms with Crippen molar-refractivity contribution in [1.29, 1.82) is 0 Å². The van der Waals surface area contributed by atoms with Gasteiger partial charge in [-0.1, -0.05) is 11.6 Å². The quantitative estimate of drug-likeness (QED) is 0.665. The van der Waals surface area contributed by atoms with Crippen LogP contribution in [0.5, 0.6) is 0 Å². The van der Waals surface area contributed by atoms with Gasteiger partial charge in [-0.05, 0) is 6.92 Å². The average Bonchev–Trinajstić information content (AvgIpc) is 2.57. The van der Waals surface area contributed by atoms with Gasteiger partial charge in [-0.2, -0.15) is 0 Å². The molecule has 0 bridgehead atoms. The molecule has 1 aromatic heterocycles. The monoisotopic (exact) mass is 233 g/mol. The topological polar surface area (TPSA) is 70.3 Å². The Hall–Kier alpha value is -0.620. The van der Waals surface area contributed by atoms with Crippen LogP contribution in [0.25, 0.3) is 0 Å². The number of hydrogen-bond acceptors (Lipinski definition) is 4. The van der Waals surface area contributed by atoms with Gasteiger partial charge < -0.3 is 20.1 Å². The highest BCUT2D eigenvalue weighted by Crippen LogP contribution is 2.10. The predicted octanol–water partition coefficient (Wildman–Crippen LogP) is -0.0936. The number of aliphatic hydroxyl groups excluding tert-OH is 2. The molecule has 0 atom stereocenters. The van der Waals surface area contributed by atoms with Crippen molar-refractivity contribution in [2.24, 2.45) is 7.05 Å². The Labute approximate surface area is 93.7 Å². The maximum Gasteiger partial charge on any atom is 0.128 e. The molecule has 0 amide bonds. The average molecular weight is 234 g/mol. The van der Waals surface area contributed by atoms with Gasteiger partial charge in [-0.3, -0.25) is 0 Å². The Morgan fingerprint density at radius 3 is 2.53 bits per heavy atom. The molecular formula is C9H16ClN3O2. The fourth-order valence-electron chi connectivity index (χ4n) is 1.04. The summed E-state index contributed by atoms with van der Waals surface area (Å²) in [6, 6.07) is 0. The number of rotatable bonds is 5. The van der Waals surface area contributed by atoms with Crippen molar-refractivity contribution in [1.82, 2.24) is 14.9 Å². The lowest BCUT2D eigenvalue weighted by atomic mass is 10.1. The van der Waals surface area contributed by atoms with Gasteiger partial charge in [0.2, 0.25) is 0 Å². The molecule has 0 aliphatic rings. The molecule has 1 aromatic rings. The van der Waals surface area contributed by atoms with Gasteiger partial charge in [-0.15, -0.1) is 0 Å². The van der Waals surface area contributed by atoms with E-state index in [0.717, 1.165) is 5.82 Å². The third-order valence-electron chi connectivity index (χ3n) is 2.40. The SMILES string of the molecule is Cn1c(Cl)cnc1CNC(C)(CO)CO. The fourth-order valence-corrected chi connectivity index (χ4v) is 1.19. The molecule has 1 rings (SSSR count). The first kappa shape index (κ1) is 12.4. The van der Waals surface area contributed by atoms with E-state index >= 15 is 0 Å². The van der Waals surface area contributed by atoms with Crippen molar-refractivity contribution in [2.45, 2.75) is 19.0 Å². The second kappa shape index (κ2) is 4.94. The summed E-state index contributed by atoms with van der Waals surface area (Å²) in [5.74, 6) is 0.758. The predicted molar refractivity (Wildman–Crippen MR) is 57.6 cm³/mol. The highest BCUT2D eigenvalue weighted by Gasteiger charge is 2.21. The van der Waals surface area contributed by atoms with Crippen LogP contribution in [0.3, 0.4) is 0 Å².